The summed E-state index contributed by atoms with van der Waals surface area (Å²) >= 11 is 0. The van der Waals surface area contributed by atoms with Crippen LogP contribution in [-0.4, -0.2) is 38.1 Å². The van der Waals surface area contributed by atoms with Crippen LogP contribution in [0.25, 0.3) is 0 Å². The summed E-state index contributed by atoms with van der Waals surface area (Å²) in [7, 11) is -2.47. The summed E-state index contributed by atoms with van der Waals surface area (Å²) in [5, 5.41) is 0. The monoisotopic (exact) mass is 389 g/mol. The molecule has 144 valence electrons. The van der Waals surface area contributed by atoms with Crippen molar-refractivity contribution in [3.63, 3.8) is 0 Å². The molecule has 2 aromatic carbocycles. The molecular formula is C19H23N3O4S. The third-order valence-corrected chi connectivity index (χ3v) is 5.74. The fraction of sp³-hybridized carbons (Fsp3) is 0.263. The normalized spacial score (nSPS) is 11.3. The van der Waals surface area contributed by atoms with Crippen LogP contribution in [0.5, 0.6) is 0 Å². The number of sulfonamides is 1. The molecule has 0 aliphatic rings. The van der Waals surface area contributed by atoms with Gasteiger partial charge in [0.25, 0.3) is 5.91 Å². The van der Waals surface area contributed by atoms with Crippen molar-refractivity contribution in [3.8, 4) is 0 Å². The van der Waals surface area contributed by atoms with E-state index >= 15 is 0 Å². The fourth-order valence-corrected chi connectivity index (χ4v) is 3.42. The third-order valence-electron chi connectivity index (χ3n) is 3.92. The van der Waals surface area contributed by atoms with E-state index in [1.165, 1.54) is 19.2 Å². The number of benzene rings is 2. The van der Waals surface area contributed by atoms with E-state index in [2.05, 4.69) is 10.9 Å². The first kappa shape index (κ1) is 20.6. The topological polar surface area (TPSA) is 95.6 Å². The first-order valence-corrected chi connectivity index (χ1v) is 9.79. The van der Waals surface area contributed by atoms with E-state index in [-0.39, 0.29) is 11.3 Å². The molecule has 2 N–H and O–H groups in total. The zero-order valence-corrected chi connectivity index (χ0v) is 16.3. The Labute approximate surface area is 159 Å². The molecule has 0 fully saturated rings. The van der Waals surface area contributed by atoms with E-state index in [9.17, 15) is 18.0 Å². The number of carbonyl (C=O) groups is 2. The van der Waals surface area contributed by atoms with Gasteiger partial charge in [-0.3, -0.25) is 20.4 Å². The molecule has 27 heavy (non-hydrogen) atoms. The van der Waals surface area contributed by atoms with Crippen LogP contribution in [0.3, 0.4) is 0 Å². The molecule has 0 aromatic heterocycles. The Balaban J connectivity index is 1.86. The second-order valence-corrected chi connectivity index (χ2v) is 8.38. The van der Waals surface area contributed by atoms with Crippen molar-refractivity contribution in [2.24, 2.45) is 0 Å². The molecular weight excluding hydrogens is 366 g/mol. The minimum atomic E-state index is -3.78. The van der Waals surface area contributed by atoms with E-state index in [4.69, 9.17) is 0 Å². The van der Waals surface area contributed by atoms with Gasteiger partial charge in [0, 0.05) is 7.05 Å². The number of likely N-dealkylation sites (N-methyl/N-ethyl adjacent to an activating group) is 1. The minimum Gasteiger partial charge on any atom is -0.273 e. The number of rotatable bonds is 6. The van der Waals surface area contributed by atoms with Gasteiger partial charge in [-0.25, -0.2) is 8.42 Å². The molecule has 7 nitrogen and oxygen atoms in total. The van der Waals surface area contributed by atoms with Crippen molar-refractivity contribution in [1.82, 2.24) is 15.2 Å². The molecule has 0 atom stereocenters. The second-order valence-electron chi connectivity index (χ2n) is 6.33. The molecule has 0 radical (unpaired) electrons. The summed E-state index contributed by atoms with van der Waals surface area (Å²) in [6, 6.07) is 13.8. The molecule has 8 heteroatoms. The van der Waals surface area contributed by atoms with Crippen LogP contribution in [0.1, 0.15) is 16.7 Å². The maximum atomic E-state index is 12.4. The maximum Gasteiger partial charge on any atom is 0.253 e. The van der Waals surface area contributed by atoms with Crippen LogP contribution in [0.4, 0.5) is 0 Å². The lowest BCUT2D eigenvalue weighted by Gasteiger charge is -2.17. The number of nitrogens with one attached hydrogen (secondary N) is 2. The van der Waals surface area contributed by atoms with Gasteiger partial charge in [0.05, 0.1) is 17.9 Å². The van der Waals surface area contributed by atoms with Crippen molar-refractivity contribution in [2.75, 3.05) is 13.6 Å². The Kier molecular flexibility index (Phi) is 6.70. The zero-order valence-electron chi connectivity index (χ0n) is 15.5. The van der Waals surface area contributed by atoms with E-state index in [1.807, 2.05) is 38.1 Å². The van der Waals surface area contributed by atoms with Gasteiger partial charge in [0.2, 0.25) is 15.9 Å². The molecule has 2 rings (SSSR count). The number of hydrogen-bond donors (Lipinski definition) is 2. The third kappa shape index (κ3) is 5.90. The lowest BCUT2D eigenvalue weighted by Crippen LogP contribution is -2.47. The minimum absolute atomic E-state index is 0.104. The highest BCUT2D eigenvalue weighted by molar-refractivity contribution is 7.89. The first-order chi connectivity index (χ1) is 12.7. The Hall–Kier alpha value is -2.71. The lowest BCUT2D eigenvalue weighted by molar-refractivity contribution is -0.128. The van der Waals surface area contributed by atoms with Crippen molar-refractivity contribution in [1.29, 1.82) is 0 Å². The van der Waals surface area contributed by atoms with Crippen LogP contribution in [-0.2, 0) is 26.0 Å². The number of amides is 2. The first-order valence-electron chi connectivity index (χ1n) is 8.35. The van der Waals surface area contributed by atoms with E-state index in [1.54, 1.807) is 12.1 Å². The van der Waals surface area contributed by atoms with Gasteiger partial charge in [-0.1, -0.05) is 47.5 Å². The summed E-state index contributed by atoms with van der Waals surface area (Å²) in [5.41, 5.74) is 7.36. The summed E-state index contributed by atoms with van der Waals surface area (Å²) in [4.78, 5) is 23.9. The highest BCUT2D eigenvalue weighted by Gasteiger charge is 2.22. The van der Waals surface area contributed by atoms with Crippen LogP contribution in [0.15, 0.2) is 53.4 Å². The quantitative estimate of drug-likeness (QED) is 0.729. The summed E-state index contributed by atoms with van der Waals surface area (Å²) in [6.07, 6.45) is 0.109. The average Bonchev–Trinajstić information content (AvgIpc) is 2.62. The predicted octanol–water partition coefficient (Wildman–Crippen LogP) is 1.31. The largest absolute Gasteiger partial charge is 0.273 e. The van der Waals surface area contributed by atoms with E-state index in [0.29, 0.717) is 0 Å². The fourth-order valence-electron chi connectivity index (χ4n) is 2.29. The molecule has 0 aliphatic carbocycles. The molecule has 2 amide bonds. The predicted molar refractivity (Wildman–Crippen MR) is 102 cm³/mol. The Morgan fingerprint density at radius 2 is 1.33 bits per heavy atom. The summed E-state index contributed by atoms with van der Waals surface area (Å²) < 4.78 is 25.8. The average molecular weight is 389 g/mol. The van der Waals surface area contributed by atoms with Crippen LogP contribution in [0.2, 0.25) is 0 Å². The molecule has 0 unspecified atom stereocenters. The summed E-state index contributed by atoms with van der Waals surface area (Å²) in [6.45, 7) is 3.39. The number of nitrogens with zero attached hydrogens (tertiary/aromatic N) is 1. The molecule has 0 bridgehead atoms. The lowest BCUT2D eigenvalue weighted by atomic mass is 10.1. The van der Waals surface area contributed by atoms with Crippen LogP contribution < -0.4 is 10.9 Å². The van der Waals surface area contributed by atoms with Crippen molar-refractivity contribution in [3.05, 3.63) is 65.2 Å². The van der Waals surface area contributed by atoms with Crippen molar-refractivity contribution in [2.45, 2.75) is 25.2 Å². The summed E-state index contributed by atoms with van der Waals surface area (Å²) in [5.74, 6) is -1.03. The van der Waals surface area contributed by atoms with Gasteiger partial charge >= 0.3 is 0 Å². The number of aryl methyl sites for hydroxylation is 2. The molecule has 0 saturated heterocycles. The Bertz CT molecular complexity index is 907. The zero-order chi connectivity index (χ0) is 20.0. The highest BCUT2D eigenvalue weighted by Crippen LogP contribution is 2.14. The van der Waals surface area contributed by atoms with Gasteiger partial charge in [0.15, 0.2) is 0 Å². The van der Waals surface area contributed by atoms with Crippen LogP contribution in [0, 0.1) is 13.8 Å². The maximum absolute atomic E-state index is 12.4. The Morgan fingerprint density at radius 3 is 1.89 bits per heavy atom. The number of carbonyl (C=O) groups excluding carboxylic acids is 2. The van der Waals surface area contributed by atoms with Gasteiger partial charge in [0.1, 0.15) is 0 Å². The molecule has 2 aromatic rings. The van der Waals surface area contributed by atoms with Gasteiger partial charge in [-0.05, 0) is 31.5 Å². The van der Waals surface area contributed by atoms with Gasteiger partial charge in [-0.2, -0.15) is 4.31 Å². The number of hydrazine groups is 1. The molecule has 0 spiro atoms. The van der Waals surface area contributed by atoms with E-state index in [0.717, 1.165) is 21.0 Å². The van der Waals surface area contributed by atoms with Crippen LogP contribution >= 0.6 is 0 Å². The van der Waals surface area contributed by atoms with Gasteiger partial charge < -0.3 is 0 Å². The smallest absolute Gasteiger partial charge is 0.253 e. The molecule has 0 aliphatic heterocycles. The van der Waals surface area contributed by atoms with Crippen molar-refractivity contribution >= 4 is 21.8 Å². The highest BCUT2D eigenvalue weighted by atomic mass is 32.2. The molecule has 0 saturated carbocycles. The van der Waals surface area contributed by atoms with Crippen molar-refractivity contribution < 1.29 is 18.0 Å². The van der Waals surface area contributed by atoms with E-state index < -0.39 is 28.4 Å². The van der Waals surface area contributed by atoms with Gasteiger partial charge in [-0.15, -0.1) is 0 Å². The second kappa shape index (κ2) is 8.79. The molecule has 0 heterocycles. The SMILES string of the molecule is Cc1ccc(CC(=O)NNC(=O)CN(C)S(=O)(=O)c2ccc(C)cc2)cc1. The standard InChI is InChI=1S/C19H23N3O4S/c1-14-4-8-16(9-5-14)12-18(23)20-21-19(24)13-22(3)27(25,26)17-10-6-15(2)7-11-17/h4-11H,12-13H2,1-3H3,(H,20,23)(H,21,24). The number of hydrogen-bond acceptors (Lipinski definition) is 4. The Morgan fingerprint density at radius 1 is 0.852 bits per heavy atom.